The lowest BCUT2D eigenvalue weighted by Crippen LogP contribution is -2.29. The molecule has 0 bridgehead atoms. The maximum absolute atomic E-state index is 12.6. The minimum atomic E-state index is -0.798. The van der Waals surface area contributed by atoms with Gasteiger partial charge in [-0.15, -0.1) is 0 Å². The third-order valence-electron chi connectivity index (χ3n) is 3.85. The summed E-state index contributed by atoms with van der Waals surface area (Å²) in [6, 6.07) is 5.44. The number of hydrogen-bond donors (Lipinski definition) is 1. The van der Waals surface area contributed by atoms with Gasteiger partial charge in [0.2, 0.25) is 0 Å². The number of nitrogens with zero attached hydrogens (tertiary/aromatic N) is 1. The Kier molecular flexibility index (Phi) is 7.47. The number of carboxylic acid groups (broad SMARTS) is 1. The number of thiocarbonyl (C=S) groups is 1. The summed E-state index contributed by atoms with van der Waals surface area (Å²) >= 11 is 6.58. The first-order valence-corrected chi connectivity index (χ1v) is 9.38. The van der Waals surface area contributed by atoms with Crippen LogP contribution in [0.15, 0.2) is 23.1 Å². The number of unbranched alkanes of at least 4 members (excludes halogenated alkanes) is 2. The van der Waals surface area contributed by atoms with Crippen LogP contribution in [-0.4, -0.2) is 47.0 Å². The van der Waals surface area contributed by atoms with E-state index in [0.717, 1.165) is 18.4 Å². The molecule has 0 aliphatic carbocycles. The van der Waals surface area contributed by atoms with E-state index in [1.807, 2.05) is 6.07 Å². The number of thioether (sulfide) groups is 1. The van der Waals surface area contributed by atoms with Crippen LogP contribution in [0.25, 0.3) is 6.08 Å². The Balaban J connectivity index is 2.01. The molecule has 1 fully saturated rings. The van der Waals surface area contributed by atoms with E-state index in [-0.39, 0.29) is 12.3 Å². The summed E-state index contributed by atoms with van der Waals surface area (Å²) < 4.78 is 11.0. The summed E-state index contributed by atoms with van der Waals surface area (Å²) in [5.74, 6) is 0.301. The van der Waals surface area contributed by atoms with Crippen LogP contribution >= 0.6 is 24.0 Å². The van der Waals surface area contributed by atoms with E-state index >= 15 is 0 Å². The van der Waals surface area contributed by atoms with Gasteiger partial charge in [-0.05, 0) is 36.6 Å². The lowest BCUT2D eigenvalue weighted by Gasteiger charge is -2.13. The molecule has 1 heterocycles. The maximum Gasteiger partial charge on any atom is 0.303 e. The number of rotatable bonds is 9. The summed E-state index contributed by atoms with van der Waals surface area (Å²) in [6.45, 7) is 0.507. The number of carbonyl (C=O) groups is 2. The summed E-state index contributed by atoms with van der Waals surface area (Å²) in [4.78, 5) is 25.2. The lowest BCUT2D eigenvalue weighted by atomic mass is 10.1. The summed E-state index contributed by atoms with van der Waals surface area (Å²) in [6.07, 6.45) is 4.01. The van der Waals surface area contributed by atoms with Crippen LogP contribution in [0.3, 0.4) is 0 Å². The van der Waals surface area contributed by atoms with Crippen LogP contribution in [0, 0.1) is 0 Å². The van der Waals surface area contributed by atoms with Gasteiger partial charge in [-0.3, -0.25) is 14.5 Å². The van der Waals surface area contributed by atoms with Crippen molar-refractivity contribution in [1.29, 1.82) is 0 Å². The molecule has 1 aromatic carbocycles. The van der Waals surface area contributed by atoms with Crippen LogP contribution in [0.2, 0.25) is 0 Å². The minimum absolute atomic E-state index is 0.118. The molecule has 1 aliphatic heterocycles. The minimum Gasteiger partial charge on any atom is -0.493 e. The van der Waals surface area contributed by atoms with Crippen molar-refractivity contribution in [1.82, 2.24) is 4.90 Å². The van der Waals surface area contributed by atoms with Gasteiger partial charge in [-0.25, -0.2) is 0 Å². The predicted octanol–water partition coefficient (Wildman–Crippen LogP) is 3.55. The third kappa shape index (κ3) is 5.22. The van der Waals surface area contributed by atoms with Crippen LogP contribution in [0.1, 0.15) is 31.2 Å². The zero-order valence-corrected chi connectivity index (χ0v) is 16.3. The van der Waals surface area contributed by atoms with Crippen molar-refractivity contribution < 1.29 is 24.2 Å². The van der Waals surface area contributed by atoms with Gasteiger partial charge in [0.15, 0.2) is 11.5 Å². The second-order valence-corrected chi connectivity index (χ2v) is 7.33. The normalized spacial score (nSPS) is 15.6. The van der Waals surface area contributed by atoms with Crippen molar-refractivity contribution in [3.05, 3.63) is 28.7 Å². The zero-order valence-electron chi connectivity index (χ0n) is 14.7. The molecule has 8 heteroatoms. The fourth-order valence-electron chi connectivity index (χ4n) is 2.51. The molecule has 1 amide bonds. The fraction of sp³-hybridized carbons (Fsp3) is 0.389. The van der Waals surface area contributed by atoms with Crippen molar-refractivity contribution in [3.8, 4) is 11.5 Å². The first-order chi connectivity index (χ1) is 12.5. The Morgan fingerprint density at radius 3 is 2.62 bits per heavy atom. The molecule has 0 unspecified atom stereocenters. The van der Waals surface area contributed by atoms with E-state index in [1.54, 1.807) is 37.3 Å². The molecule has 0 saturated carbocycles. The first-order valence-electron chi connectivity index (χ1n) is 8.15. The van der Waals surface area contributed by atoms with Gasteiger partial charge in [-0.2, -0.15) is 0 Å². The highest BCUT2D eigenvalue weighted by Gasteiger charge is 2.31. The quantitative estimate of drug-likeness (QED) is 0.389. The third-order valence-corrected chi connectivity index (χ3v) is 5.23. The average Bonchev–Trinajstić information content (AvgIpc) is 2.88. The van der Waals surface area contributed by atoms with Crippen molar-refractivity contribution in [2.75, 3.05) is 20.8 Å². The monoisotopic (exact) mass is 395 g/mol. The highest BCUT2D eigenvalue weighted by molar-refractivity contribution is 8.26. The van der Waals surface area contributed by atoms with Gasteiger partial charge in [0.25, 0.3) is 5.91 Å². The number of aliphatic carboxylic acids is 1. The van der Waals surface area contributed by atoms with E-state index in [1.165, 1.54) is 11.8 Å². The molecular weight excluding hydrogens is 374 g/mol. The number of hydrogen-bond acceptors (Lipinski definition) is 6. The van der Waals surface area contributed by atoms with Crippen molar-refractivity contribution in [2.45, 2.75) is 25.7 Å². The Bertz CT molecular complexity index is 732. The average molecular weight is 396 g/mol. The second-order valence-electron chi connectivity index (χ2n) is 5.65. The van der Waals surface area contributed by atoms with Crippen LogP contribution < -0.4 is 9.47 Å². The number of amides is 1. The number of carboxylic acids is 1. The summed E-state index contributed by atoms with van der Waals surface area (Å²) in [5.41, 5.74) is 0.824. The molecule has 1 aromatic rings. The number of benzene rings is 1. The smallest absolute Gasteiger partial charge is 0.303 e. The zero-order chi connectivity index (χ0) is 19.1. The van der Waals surface area contributed by atoms with Gasteiger partial charge >= 0.3 is 5.97 Å². The van der Waals surface area contributed by atoms with E-state index in [0.29, 0.717) is 33.7 Å². The van der Waals surface area contributed by atoms with Gasteiger partial charge in [0, 0.05) is 13.0 Å². The molecule has 26 heavy (non-hydrogen) atoms. The Labute approximate surface area is 162 Å². The lowest BCUT2D eigenvalue weighted by molar-refractivity contribution is -0.137. The second kappa shape index (κ2) is 9.59. The topological polar surface area (TPSA) is 76.1 Å². The summed E-state index contributed by atoms with van der Waals surface area (Å²) in [5, 5.41) is 8.64. The van der Waals surface area contributed by atoms with E-state index in [4.69, 9.17) is 26.8 Å². The first kappa shape index (κ1) is 20.3. The molecule has 0 radical (unpaired) electrons. The van der Waals surface area contributed by atoms with Gasteiger partial charge in [0.1, 0.15) is 4.32 Å². The van der Waals surface area contributed by atoms with Crippen LogP contribution in [-0.2, 0) is 9.59 Å². The molecule has 1 aliphatic rings. The van der Waals surface area contributed by atoms with E-state index in [2.05, 4.69) is 0 Å². The molecular formula is C18H21NO5S2. The molecule has 0 atom stereocenters. The van der Waals surface area contributed by atoms with E-state index in [9.17, 15) is 9.59 Å². The molecule has 0 spiro atoms. The summed E-state index contributed by atoms with van der Waals surface area (Å²) in [7, 11) is 3.13. The standard InChI is InChI=1S/C18H21NO5S2/c1-23-13-8-7-12(10-14(13)24-2)11-15-17(22)19(18(25)26-15)9-5-3-4-6-16(20)21/h7-8,10-11H,3-6,9H2,1-2H3,(H,20,21)/b15-11-. The molecule has 6 nitrogen and oxygen atoms in total. The number of ether oxygens (including phenoxy) is 2. The van der Waals surface area contributed by atoms with Crippen molar-refractivity contribution in [2.24, 2.45) is 0 Å². The van der Waals surface area contributed by atoms with Gasteiger partial charge in [-0.1, -0.05) is 36.5 Å². The predicted molar refractivity (Wildman–Crippen MR) is 106 cm³/mol. The van der Waals surface area contributed by atoms with Crippen molar-refractivity contribution in [3.63, 3.8) is 0 Å². The molecule has 0 aromatic heterocycles. The molecule has 1 saturated heterocycles. The highest BCUT2D eigenvalue weighted by Crippen LogP contribution is 2.34. The Morgan fingerprint density at radius 2 is 1.96 bits per heavy atom. The Morgan fingerprint density at radius 1 is 1.23 bits per heavy atom. The highest BCUT2D eigenvalue weighted by atomic mass is 32.2. The van der Waals surface area contributed by atoms with Crippen LogP contribution in [0.5, 0.6) is 11.5 Å². The molecule has 140 valence electrons. The van der Waals surface area contributed by atoms with Crippen molar-refractivity contribution >= 4 is 46.3 Å². The molecule has 1 N–H and O–H groups in total. The SMILES string of the molecule is COc1ccc(/C=C2\SC(=S)N(CCCCCC(=O)O)C2=O)cc1OC. The number of carbonyl (C=O) groups excluding carboxylic acids is 1. The Hall–Kier alpha value is -2.06. The fourth-order valence-corrected chi connectivity index (χ4v) is 3.82. The van der Waals surface area contributed by atoms with Crippen LogP contribution in [0.4, 0.5) is 0 Å². The van der Waals surface area contributed by atoms with E-state index < -0.39 is 5.97 Å². The maximum atomic E-state index is 12.6. The molecule has 2 rings (SSSR count). The van der Waals surface area contributed by atoms with Gasteiger partial charge in [0.05, 0.1) is 19.1 Å². The largest absolute Gasteiger partial charge is 0.493 e. The number of methoxy groups -OCH3 is 2. The van der Waals surface area contributed by atoms with Gasteiger partial charge < -0.3 is 14.6 Å².